The van der Waals surface area contributed by atoms with Crippen LogP contribution in [-0.2, 0) is 0 Å². The summed E-state index contributed by atoms with van der Waals surface area (Å²) in [5.41, 5.74) is 9.11. The van der Waals surface area contributed by atoms with E-state index in [0.29, 0.717) is 6.04 Å². The highest BCUT2D eigenvalue weighted by Crippen LogP contribution is 2.29. The molecule has 0 bridgehead atoms. The van der Waals surface area contributed by atoms with Crippen molar-refractivity contribution in [2.45, 2.75) is 52.1 Å². The molecular formula is C17H28N2. The monoisotopic (exact) mass is 260 g/mol. The van der Waals surface area contributed by atoms with Gasteiger partial charge in [0, 0.05) is 12.1 Å². The number of nitrogens with two attached hydrogens (primary N) is 1. The third-order valence-corrected chi connectivity index (χ3v) is 4.51. The smallest absolute Gasteiger partial charge is 0.0499 e. The second-order valence-corrected chi connectivity index (χ2v) is 6.15. The average molecular weight is 260 g/mol. The van der Waals surface area contributed by atoms with Crippen molar-refractivity contribution >= 4 is 0 Å². The molecule has 1 saturated heterocycles. The van der Waals surface area contributed by atoms with E-state index in [0.717, 1.165) is 12.3 Å². The minimum absolute atomic E-state index is 0.233. The fourth-order valence-corrected chi connectivity index (χ4v) is 3.02. The van der Waals surface area contributed by atoms with Crippen molar-refractivity contribution in [2.24, 2.45) is 11.7 Å². The molecule has 1 fully saturated rings. The van der Waals surface area contributed by atoms with Crippen molar-refractivity contribution < 1.29 is 0 Å². The lowest BCUT2D eigenvalue weighted by atomic mass is 9.91. The molecular weight excluding hydrogens is 232 g/mol. The Morgan fingerprint density at radius 1 is 1.21 bits per heavy atom. The number of hydrogen-bond acceptors (Lipinski definition) is 2. The first kappa shape index (κ1) is 14.5. The molecule has 1 aliphatic rings. The Bertz CT molecular complexity index is 377. The van der Waals surface area contributed by atoms with E-state index in [9.17, 15) is 0 Å². The number of aryl methyl sites for hydroxylation is 1. The van der Waals surface area contributed by atoms with E-state index < -0.39 is 0 Å². The van der Waals surface area contributed by atoms with E-state index in [4.69, 9.17) is 5.73 Å². The van der Waals surface area contributed by atoms with Gasteiger partial charge in [-0.2, -0.15) is 0 Å². The van der Waals surface area contributed by atoms with Gasteiger partial charge in [-0.3, -0.25) is 4.90 Å². The molecule has 2 rings (SSSR count). The Kier molecular flexibility index (Phi) is 5.00. The van der Waals surface area contributed by atoms with Crippen LogP contribution in [0.2, 0.25) is 0 Å². The number of hydrogen-bond donors (Lipinski definition) is 1. The fourth-order valence-electron chi connectivity index (χ4n) is 3.02. The minimum Gasteiger partial charge on any atom is -0.326 e. The Balaban J connectivity index is 2.18. The van der Waals surface area contributed by atoms with Gasteiger partial charge in [0.05, 0.1) is 0 Å². The first-order valence-electron chi connectivity index (χ1n) is 7.68. The molecule has 19 heavy (non-hydrogen) atoms. The zero-order valence-corrected chi connectivity index (χ0v) is 12.6. The van der Waals surface area contributed by atoms with Gasteiger partial charge in [0.25, 0.3) is 0 Å². The van der Waals surface area contributed by atoms with Gasteiger partial charge in [-0.15, -0.1) is 0 Å². The van der Waals surface area contributed by atoms with Crippen molar-refractivity contribution in [3.05, 3.63) is 35.4 Å². The molecule has 2 heteroatoms. The first-order chi connectivity index (χ1) is 9.11. The van der Waals surface area contributed by atoms with Gasteiger partial charge in [-0.25, -0.2) is 0 Å². The maximum absolute atomic E-state index is 6.41. The second kappa shape index (κ2) is 6.53. The summed E-state index contributed by atoms with van der Waals surface area (Å²) < 4.78 is 0. The lowest BCUT2D eigenvalue weighted by molar-refractivity contribution is 0.119. The minimum atomic E-state index is 0.233. The number of likely N-dealkylation sites (tertiary alicyclic amines) is 1. The van der Waals surface area contributed by atoms with Crippen molar-refractivity contribution in [1.29, 1.82) is 0 Å². The van der Waals surface area contributed by atoms with Crippen LogP contribution in [0.4, 0.5) is 0 Å². The van der Waals surface area contributed by atoms with Crippen molar-refractivity contribution in [3.63, 3.8) is 0 Å². The Morgan fingerprint density at radius 3 is 2.32 bits per heavy atom. The highest BCUT2D eigenvalue weighted by molar-refractivity contribution is 5.25. The molecule has 0 aromatic heterocycles. The summed E-state index contributed by atoms with van der Waals surface area (Å²) in [6.45, 7) is 9.07. The van der Waals surface area contributed by atoms with Crippen LogP contribution in [0.5, 0.6) is 0 Å². The van der Waals surface area contributed by atoms with E-state index in [1.165, 1.54) is 37.1 Å². The highest BCUT2D eigenvalue weighted by atomic mass is 15.2. The van der Waals surface area contributed by atoms with E-state index >= 15 is 0 Å². The molecule has 106 valence electrons. The van der Waals surface area contributed by atoms with E-state index in [1.807, 2.05) is 0 Å². The Hall–Kier alpha value is -0.860. The van der Waals surface area contributed by atoms with E-state index in [2.05, 4.69) is 49.9 Å². The van der Waals surface area contributed by atoms with Gasteiger partial charge in [0.1, 0.15) is 0 Å². The lowest BCUT2D eigenvalue weighted by Crippen LogP contribution is -2.44. The topological polar surface area (TPSA) is 29.3 Å². The summed E-state index contributed by atoms with van der Waals surface area (Å²) in [7, 11) is 0. The van der Waals surface area contributed by atoms with Crippen LogP contribution in [-0.4, -0.2) is 24.0 Å². The molecule has 2 atom stereocenters. The van der Waals surface area contributed by atoms with E-state index in [1.54, 1.807) is 0 Å². The average Bonchev–Trinajstić information content (AvgIpc) is 2.43. The molecule has 1 aliphatic heterocycles. The molecule has 2 unspecified atom stereocenters. The van der Waals surface area contributed by atoms with Crippen molar-refractivity contribution in [2.75, 3.05) is 13.1 Å². The predicted molar refractivity (Wildman–Crippen MR) is 82.2 cm³/mol. The third kappa shape index (κ3) is 3.58. The van der Waals surface area contributed by atoms with Crippen molar-refractivity contribution in [3.8, 4) is 0 Å². The molecule has 0 spiro atoms. The lowest BCUT2D eigenvalue weighted by Gasteiger charge is -2.39. The molecule has 1 aromatic carbocycles. The molecule has 0 aliphatic carbocycles. The third-order valence-electron chi connectivity index (χ3n) is 4.51. The molecule has 0 saturated carbocycles. The largest absolute Gasteiger partial charge is 0.326 e. The summed E-state index contributed by atoms with van der Waals surface area (Å²) in [4.78, 5) is 2.60. The zero-order valence-electron chi connectivity index (χ0n) is 12.6. The zero-order chi connectivity index (χ0) is 13.8. The van der Waals surface area contributed by atoms with Crippen LogP contribution in [0.1, 0.15) is 50.3 Å². The summed E-state index contributed by atoms with van der Waals surface area (Å²) in [5.74, 6) is 0.868. The van der Waals surface area contributed by atoms with Crippen molar-refractivity contribution in [1.82, 2.24) is 4.90 Å². The number of nitrogens with zero attached hydrogens (tertiary/aromatic N) is 1. The van der Waals surface area contributed by atoms with Crippen LogP contribution in [0, 0.1) is 12.8 Å². The molecule has 0 radical (unpaired) electrons. The summed E-state index contributed by atoms with van der Waals surface area (Å²) in [6.07, 6.45) is 3.64. The normalized spacial score (nSPS) is 21.3. The fraction of sp³-hybridized carbons (Fsp3) is 0.647. The Labute approximate surface area is 118 Å². The van der Waals surface area contributed by atoms with Crippen LogP contribution in [0.25, 0.3) is 0 Å². The van der Waals surface area contributed by atoms with Crippen LogP contribution >= 0.6 is 0 Å². The summed E-state index contributed by atoms with van der Waals surface area (Å²) in [5, 5.41) is 0. The maximum atomic E-state index is 6.41. The van der Waals surface area contributed by atoms with Gasteiger partial charge in [-0.1, -0.05) is 43.7 Å². The molecule has 1 heterocycles. The SMILES string of the molecule is CCC(N)C(c1ccc(C)cc1)N1CCC(C)CC1. The Morgan fingerprint density at radius 2 is 1.79 bits per heavy atom. The molecule has 2 N–H and O–H groups in total. The predicted octanol–water partition coefficient (Wildman–Crippen LogP) is 3.51. The van der Waals surface area contributed by atoms with Crippen LogP contribution < -0.4 is 5.73 Å². The van der Waals surface area contributed by atoms with Crippen LogP contribution in [0.15, 0.2) is 24.3 Å². The molecule has 2 nitrogen and oxygen atoms in total. The van der Waals surface area contributed by atoms with Gasteiger partial charge in [0.15, 0.2) is 0 Å². The summed E-state index contributed by atoms with van der Waals surface area (Å²) >= 11 is 0. The first-order valence-corrected chi connectivity index (χ1v) is 7.68. The standard InChI is InChI=1S/C17H28N2/c1-4-16(18)17(15-7-5-13(2)6-8-15)19-11-9-14(3)10-12-19/h5-8,14,16-17H,4,9-12,18H2,1-3H3. The van der Waals surface area contributed by atoms with Gasteiger partial charge in [-0.05, 0) is 50.8 Å². The second-order valence-electron chi connectivity index (χ2n) is 6.15. The van der Waals surface area contributed by atoms with Gasteiger partial charge >= 0.3 is 0 Å². The number of benzene rings is 1. The van der Waals surface area contributed by atoms with Gasteiger partial charge < -0.3 is 5.73 Å². The quantitative estimate of drug-likeness (QED) is 0.897. The maximum Gasteiger partial charge on any atom is 0.0499 e. The number of rotatable bonds is 4. The van der Waals surface area contributed by atoms with Crippen LogP contribution in [0.3, 0.4) is 0 Å². The molecule has 1 aromatic rings. The number of piperidine rings is 1. The molecule has 0 amide bonds. The summed E-state index contributed by atoms with van der Waals surface area (Å²) in [6, 6.07) is 9.55. The highest BCUT2D eigenvalue weighted by Gasteiger charge is 2.28. The van der Waals surface area contributed by atoms with E-state index in [-0.39, 0.29) is 6.04 Å². The van der Waals surface area contributed by atoms with Gasteiger partial charge in [0.2, 0.25) is 0 Å².